The highest BCUT2D eigenvalue weighted by atomic mass is 16.2. The number of nitrogens with two attached hydrogens (primary N) is 1. The van der Waals surface area contributed by atoms with Crippen LogP contribution in [0.15, 0.2) is 9.59 Å². The lowest BCUT2D eigenvalue weighted by Crippen LogP contribution is -2.31. The number of hydrogen-bond donors (Lipinski definition) is 2. The predicted molar refractivity (Wildman–Crippen MR) is 73.1 cm³/mol. The van der Waals surface area contributed by atoms with E-state index in [1.54, 1.807) is 4.57 Å². The Morgan fingerprint density at radius 3 is 2.58 bits per heavy atom. The van der Waals surface area contributed by atoms with E-state index in [0.717, 1.165) is 12.8 Å². The quantitative estimate of drug-likeness (QED) is 0.804. The van der Waals surface area contributed by atoms with Crippen LogP contribution >= 0.6 is 0 Å². The van der Waals surface area contributed by atoms with Crippen molar-refractivity contribution < 1.29 is 0 Å². The van der Waals surface area contributed by atoms with Gasteiger partial charge in [-0.15, -0.1) is 0 Å². The number of fused-ring (bicyclic) bond motifs is 1. The SMILES string of the molecule is CCCCn1c(=O)[nH]c(=O)c2c1nc(CN)n2CC. The van der Waals surface area contributed by atoms with Crippen molar-refractivity contribution in [1.82, 2.24) is 19.1 Å². The molecule has 2 heterocycles. The number of nitrogens with zero attached hydrogens (tertiary/aromatic N) is 3. The molecule has 0 spiro atoms. The van der Waals surface area contributed by atoms with Gasteiger partial charge in [-0.1, -0.05) is 13.3 Å². The molecular weight excluding hydrogens is 246 g/mol. The van der Waals surface area contributed by atoms with E-state index in [1.165, 1.54) is 4.57 Å². The lowest BCUT2D eigenvalue weighted by molar-refractivity contribution is 0.613. The monoisotopic (exact) mass is 265 g/mol. The molecule has 0 bridgehead atoms. The fourth-order valence-corrected chi connectivity index (χ4v) is 2.24. The first-order chi connectivity index (χ1) is 9.13. The molecule has 104 valence electrons. The van der Waals surface area contributed by atoms with E-state index in [1.807, 2.05) is 13.8 Å². The second-order valence-electron chi connectivity index (χ2n) is 4.41. The second-order valence-corrected chi connectivity index (χ2v) is 4.41. The summed E-state index contributed by atoms with van der Waals surface area (Å²) in [5, 5.41) is 0. The largest absolute Gasteiger partial charge is 0.330 e. The number of rotatable bonds is 5. The summed E-state index contributed by atoms with van der Waals surface area (Å²) in [6, 6.07) is 0. The molecule has 2 aromatic heterocycles. The van der Waals surface area contributed by atoms with Crippen LogP contribution in [0.2, 0.25) is 0 Å². The molecule has 7 heteroatoms. The number of imidazole rings is 1. The van der Waals surface area contributed by atoms with Crippen LogP contribution in [0, 0.1) is 0 Å². The van der Waals surface area contributed by atoms with Crippen LogP contribution in [-0.2, 0) is 19.6 Å². The summed E-state index contributed by atoms with van der Waals surface area (Å²) in [4.78, 5) is 30.6. The standard InChI is InChI=1S/C12H19N5O2/c1-3-5-6-17-10-9(11(18)15-12(17)19)16(4-2)8(7-13)14-10/h3-7,13H2,1-2H3,(H,15,18,19). The van der Waals surface area contributed by atoms with Crippen molar-refractivity contribution in [2.24, 2.45) is 5.73 Å². The number of H-pyrrole nitrogens is 1. The maximum absolute atomic E-state index is 12.0. The summed E-state index contributed by atoms with van der Waals surface area (Å²) in [6.45, 7) is 5.35. The third-order valence-electron chi connectivity index (χ3n) is 3.20. The minimum Gasteiger partial charge on any atom is -0.324 e. The van der Waals surface area contributed by atoms with Crippen LogP contribution in [0.3, 0.4) is 0 Å². The zero-order valence-corrected chi connectivity index (χ0v) is 11.3. The normalized spacial score (nSPS) is 11.3. The van der Waals surface area contributed by atoms with Gasteiger partial charge in [0.25, 0.3) is 5.56 Å². The molecule has 19 heavy (non-hydrogen) atoms. The Labute approximate surface area is 110 Å². The van der Waals surface area contributed by atoms with Crippen molar-refractivity contribution in [3.63, 3.8) is 0 Å². The van der Waals surface area contributed by atoms with Crippen LogP contribution < -0.4 is 17.0 Å². The Morgan fingerprint density at radius 2 is 2.00 bits per heavy atom. The van der Waals surface area contributed by atoms with E-state index in [9.17, 15) is 9.59 Å². The number of aromatic amines is 1. The Hall–Kier alpha value is -1.89. The van der Waals surface area contributed by atoms with Crippen LogP contribution in [-0.4, -0.2) is 19.1 Å². The Balaban J connectivity index is 2.79. The summed E-state index contributed by atoms with van der Waals surface area (Å²) in [7, 11) is 0. The van der Waals surface area contributed by atoms with Gasteiger partial charge in [0.2, 0.25) is 0 Å². The molecule has 0 atom stereocenters. The predicted octanol–water partition coefficient (Wildman–Crippen LogP) is 0.165. The van der Waals surface area contributed by atoms with Gasteiger partial charge >= 0.3 is 5.69 Å². The van der Waals surface area contributed by atoms with Gasteiger partial charge in [-0.05, 0) is 13.3 Å². The fraction of sp³-hybridized carbons (Fsp3) is 0.583. The van der Waals surface area contributed by atoms with Gasteiger partial charge in [0, 0.05) is 13.1 Å². The summed E-state index contributed by atoms with van der Waals surface area (Å²) < 4.78 is 3.28. The van der Waals surface area contributed by atoms with Crippen molar-refractivity contribution >= 4 is 11.2 Å². The first kappa shape index (κ1) is 13.5. The average Bonchev–Trinajstić information content (AvgIpc) is 2.77. The van der Waals surface area contributed by atoms with Crippen molar-refractivity contribution in [3.8, 4) is 0 Å². The molecule has 0 aliphatic carbocycles. The summed E-state index contributed by atoms with van der Waals surface area (Å²) in [5.41, 5.74) is 5.70. The molecule has 0 aliphatic heterocycles. The second kappa shape index (κ2) is 5.40. The van der Waals surface area contributed by atoms with Gasteiger partial charge in [-0.25, -0.2) is 9.78 Å². The molecule has 0 aliphatic rings. The van der Waals surface area contributed by atoms with Gasteiger partial charge in [-0.3, -0.25) is 14.3 Å². The Kier molecular flexibility index (Phi) is 3.84. The molecule has 0 aromatic carbocycles. The number of aryl methyl sites for hydroxylation is 2. The Morgan fingerprint density at radius 1 is 1.26 bits per heavy atom. The number of unbranched alkanes of at least 4 members (excludes halogenated alkanes) is 1. The van der Waals surface area contributed by atoms with Crippen LogP contribution in [0.25, 0.3) is 11.2 Å². The molecule has 0 saturated heterocycles. The number of hydrogen-bond acceptors (Lipinski definition) is 4. The van der Waals surface area contributed by atoms with Gasteiger partial charge < -0.3 is 10.3 Å². The van der Waals surface area contributed by atoms with E-state index < -0.39 is 11.2 Å². The summed E-state index contributed by atoms with van der Waals surface area (Å²) in [5.74, 6) is 0.624. The van der Waals surface area contributed by atoms with E-state index in [4.69, 9.17) is 5.73 Å². The first-order valence-corrected chi connectivity index (χ1v) is 6.56. The van der Waals surface area contributed by atoms with Crippen molar-refractivity contribution in [2.75, 3.05) is 0 Å². The maximum Gasteiger partial charge on any atom is 0.330 e. The molecule has 0 fully saturated rings. The summed E-state index contributed by atoms with van der Waals surface area (Å²) in [6.07, 6.45) is 1.82. The zero-order chi connectivity index (χ0) is 14.0. The smallest absolute Gasteiger partial charge is 0.324 e. The molecule has 0 radical (unpaired) electrons. The minimum atomic E-state index is -0.407. The molecule has 3 N–H and O–H groups in total. The number of aromatic nitrogens is 4. The van der Waals surface area contributed by atoms with E-state index in [-0.39, 0.29) is 6.54 Å². The van der Waals surface area contributed by atoms with Crippen LogP contribution in [0.4, 0.5) is 0 Å². The number of nitrogens with one attached hydrogen (secondary N) is 1. The summed E-state index contributed by atoms with van der Waals surface area (Å²) >= 11 is 0. The molecule has 2 rings (SSSR count). The molecular formula is C12H19N5O2. The van der Waals surface area contributed by atoms with E-state index in [2.05, 4.69) is 9.97 Å². The Bertz CT molecular complexity index is 694. The van der Waals surface area contributed by atoms with Crippen molar-refractivity contribution in [1.29, 1.82) is 0 Å². The average molecular weight is 265 g/mol. The fourth-order valence-electron chi connectivity index (χ4n) is 2.24. The highest BCUT2D eigenvalue weighted by Gasteiger charge is 2.16. The van der Waals surface area contributed by atoms with Gasteiger partial charge in [-0.2, -0.15) is 0 Å². The molecule has 7 nitrogen and oxygen atoms in total. The van der Waals surface area contributed by atoms with Crippen molar-refractivity contribution in [2.45, 2.75) is 46.3 Å². The van der Waals surface area contributed by atoms with Gasteiger partial charge in [0.15, 0.2) is 11.2 Å². The van der Waals surface area contributed by atoms with Crippen LogP contribution in [0.1, 0.15) is 32.5 Å². The van der Waals surface area contributed by atoms with Crippen molar-refractivity contribution in [3.05, 3.63) is 26.7 Å². The van der Waals surface area contributed by atoms with Crippen LogP contribution in [0.5, 0.6) is 0 Å². The molecule has 0 unspecified atom stereocenters. The highest BCUT2D eigenvalue weighted by Crippen LogP contribution is 2.11. The lowest BCUT2D eigenvalue weighted by Gasteiger charge is -2.05. The third kappa shape index (κ3) is 2.21. The zero-order valence-electron chi connectivity index (χ0n) is 11.3. The van der Waals surface area contributed by atoms with E-state index >= 15 is 0 Å². The van der Waals surface area contributed by atoms with Gasteiger partial charge in [0.1, 0.15) is 5.82 Å². The molecule has 2 aromatic rings. The molecule has 0 amide bonds. The minimum absolute atomic E-state index is 0.240. The topological polar surface area (TPSA) is 98.7 Å². The van der Waals surface area contributed by atoms with E-state index in [0.29, 0.717) is 30.1 Å². The highest BCUT2D eigenvalue weighted by molar-refractivity contribution is 5.70. The van der Waals surface area contributed by atoms with Gasteiger partial charge in [0.05, 0.1) is 6.54 Å². The lowest BCUT2D eigenvalue weighted by atomic mass is 10.3. The first-order valence-electron chi connectivity index (χ1n) is 6.56. The third-order valence-corrected chi connectivity index (χ3v) is 3.20. The molecule has 0 saturated carbocycles. The maximum atomic E-state index is 12.0.